The third-order valence-corrected chi connectivity index (χ3v) is 5.61. The van der Waals surface area contributed by atoms with Crippen LogP contribution in [0, 0.1) is 0 Å². The molecule has 2 heterocycles. The van der Waals surface area contributed by atoms with Crippen molar-refractivity contribution in [2.45, 2.75) is 17.7 Å². The van der Waals surface area contributed by atoms with Crippen LogP contribution in [0.2, 0.25) is 0 Å². The largest absolute Gasteiger partial charge is 0.492 e. The second-order valence-electron chi connectivity index (χ2n) is 6.32. The SMILES string of the molecule is CN(C)C=NS(=O)(=O)c1ccc2cc1OCCCCNc1nc(ncc1Br)N2. The maximum atomic E-state index is 12.6. The molecule has 0 amide bonds. The molecular formula is C17H21BrN6O3S. The van der Waals surface area contributed by atoms with Gasteiger partial charge in [-0.3, -0.25) is 0 Å². The summed E-state index contributed by atoms with van der Waals surface area (Å²) >= 11 is 3.43. The Morgan fingerprint density at radius 3 is 2.93 bits per heavy atom. The van der Waals surface area contributed by atoms with Crippen molar-refractivity contribution in [1.29, 1.82) is 0 Å². The molecule has 9 nitrogen and oxygen atoms in total. The van der Waals surface area contributed by atoms with E-state index < -0.39 is 10.0 Å². The van der Waals surface area contributed by atoms with Gasteiger partial charge in [-0.1, -0.05) is 0 Å². The average Bonchev–Trinajstić information content (AvgIpc) is 2.65. The molecule has 2 aromatic rings. The van der Waals surface area contributed by atoms with Crippen LogP contribution in [0.4, 0.5) is 17.5 Å². The minimum atomic E-state index is -3.89. The van der Waals surface area contributed by atoms with Crippen molar-refractivity contribution in [3.05, 3.63) is 28.9 Å². The zero-order chi connectivity index (χ0) is 20.1. The fourth-order valence-corrected chi connectivity index (χ4v) is 3.79. The third kappa shape index (κ3) is 5.10. The molecule has 0 fully saturated rings. The highest BCUT2D eigenvalue weighted by Gasteiger charge is 2.20. The summed E-state index contributed by atoms with van der Waals surface area (Å²) in [6, 6.07) is 4.72. The third-order valence-electron chi connectivity index (χ3n) is 3.76. The number of ether oxygens (including phenoxy) is 1. The van der Waals surface area contributed by atoms with E-state index in [0.29, 0.717) is 30.6 Å². The maximum Gasteiger partial charge on any atom is 0.287 e. The van der Waals surface area contributed by atoms with E-state index in [4.69, 9.17) is 4.74 Å². The zero-order valence-corrected chi connectivity index (χ0v) is 17.9. The van der Waals surface area contributed by atoms with E-state index in [0.717, 1.165) is 17.3 Å². The Hall–Kier alpha value is -2.40. The second kappa shape index (κ2) is 8.74. The molecule has 0 saturated carbocycles. The van der Waals surface area contributed by atoms with Crippen LogP contribution >= 0.6 is 15.9 Å². The molecule has 1 aromatic carbocycles. The van der Waals surface area contributed by atoms with Crippen LogP contribution < -0.4 is 15.4 Å². The summed E-state index contributed by atoms with van der Waals surface area (Å²) in [5, 5.41) is 6.32. The monoisotopic (exact) mass is 468 g/mol. The Labute approximate surface area is 172 Å². The summed E-state index contributed by atoms with van der Waals surface area (Å²) in [6.07, 6.45) is 4.49. The quantitative estimate of drug-likeness (QED) is 0.522. The summed E-state index contributed by atoms with van der Waals surface area (Å²) in [5.74, 6) is 1.32. The predicted octanol–water partition coefficient (Wildman–Crippen LogP) is 2.85. The second-order valence-corrected chi connectivity index (χ2v) is 8.77. The molecule has 150 valence electrons. The highest BCUT2D eigenvalue weighted by molar-refractivity contribution is 9.10. The molecule has 1 aliphatic rings. The standard InChI is InChI=1S/C17H21BrN6O3S/c1-24(2)11-21-28(25,26)15-6-5-12-9-14(15)27-8-4-3-7-19-16-13(18)10-20-17(22-12)23-16/h5-6,9-11H,3-4,7-8H2,1-2H3,(H2,19,20,22,23). The highest BCUT2D eigenvalue weighted by atomic mass is 79.9. The Balaban J connectivity index is 1.99. The number of aromatic nitrogens is 2. The van der Waals surface area contributed by atoms with E-state index in [1.54, 1.807) is 37.3 Å². The smallest absolute Gasteiger partial charge is 0.287 e. The Bertz CT molecular complexity index is 981. The molecule has 0 spiro atoms. The predicted molar refractivity (Wildman–Crippen MR) is 112 cm³/mol. The van der Waals surface area contributed by atoms with Gasteiger partial charge < -0.3 is 20.3 Å². The maximum absolute atomic E-state index is 12.6. The fraction of sp³-hybridized carbons (Fsp3) is 0.353. The first kappa shape index (κ1) is 20.3. The molecule has 3 rings (SSSR count). The number of hydrogen-bond acceptors (Lipinski definition) is 7. The molecule has 28 heavy (non-hydrogen) atoms. The van der Waals surface area contributed by atoms with Gasteiger partial charge >= 0.3 is 0 Å². The average molecular weight is 469 g/mol. The van der Waals surface area contributed by atoms with Gasteiger partial charge in [-0.05, 0) is 40.9 Å². The van der Waals surface area contributed by atoms with Crippen LogP contribution in [0.3, 0.4) is 0 Å². The lowest BCUT2D eigenvalue weighted by Crippen LogP contribution is -2.11. The molecule has 4 bridgehead atoms. The first-order valence-corrected chi connectivity index (χ1v) is 10.9. The summed E-state index contributed by atoms with van der Waals surface area (Å²) in [4.78, 5) is 10.2. The number of nitrogens with one attached hydrogen (secondary N) is 2. The van der Waals surface area contributed by atoms with Gasteiger partial charge in [0, 0.05) is 38.6 Å². The van der Waals surface area contributed by atoms with E-state index in [2.05, 4.69) is 40.9 Å². The Morgan fingerprint density at radius 2 is 2.14 bits per heavy atom. The highest BCUT2D eigenvalue weighted by Crippen LogP contribution is 2.31. The number of rotatable bonds is 3. The van der Waals surface area contributed by atoms with Gasteiger partial charge in [-0.2, -0.15) is 13.4 Å². The van der Waals surface area contributed by atoms with Gasteiger partial charge in [0.15, 0.2) is 0 Å². The molecule has 1 aliphatic heterocycles. The molecule has 0 radical (unpaired) electrons. The van der Waals surface area contributed by atoms with Crippen LogP contribution in [0.5, 0.6) is 5.75 Å². The number of benzene rings is 1. The van der Waals surface area contributed by atoms with Gasteiger partial charge in [-0.25, -0.2) is 4.98 Å². The first-order valence-electron chi connectivity index (χ1n) is 8.62. The molecule has 2 N–H and O–H groups in total. The van der Waals surface area contributed by atoms with Crippen molar-refractivity contribution >= 4 is 49.7 Å². The van der Waals surface area contributed by atoms with Crippen LogP contribution in [0.25, 0.3) is 0 Å². The minimum absolute atomic E-state index is 0.0153. The van der Waals surface area contributed by atoms with E-state index in [9.17, 15) is 8.42 Å². The molecular weight excluding hydrogens is 448 g/mol. The Kier molecular flexibility index (Phi) is 6.35. The van der Waals surface area contributed by atoms with Crippen LogP contribution in [0.1, 0.15) is 12.8 Å². The lowest BCUT2D eigenvalue weighted by Gasteiger charge is -2.13. The van der Waals surface area contributed by atoms with Crippen LogP contribution in [-0.2, 0) is 10.0 Å². The van der Waals surface area contributed by atoms with E-state index >= 15 is 0 Å². The number of nitrogens with zero attached hydrogens (tertiary/aromatic N) is 4. The Morgan fingerprint density at radius 1 is 1.32 bits per heavy atom. The molecule has 0 saturated heterocycles. The van der Waals surface area contributed by atoms with Crippen molar-refractivity contribution in [2.24, 2.45) is 4.40 Å². The lowest BCUT2D eigenvalue weighted by atomic mass is 10.3. The first-order chi connectivity index (χ1) is 13.3. The van der Waals surface area contributed by atoms with Crippen molar-refractivity contribution in [3.63, 3.8) is 0 Å². The van der Waals surface area contributed by atoms with Crippen LogP contribution in [-0.4, -0.2) is 56.9 Å². The minimum Gasteiger partial charge on any atom is -0.492 e. The molecule has 1 aromatic heterocycles. The lowest BCUT2D eigenvalue weighted by molar-refractivity contribution is 0.301. The van der Waals surface area contributed by atoms with Crippen molar-refractivity contribution in [3.8, 4) is 5.75 Å². The summed E-state index contributed by atoms with van der Waals surface area (Å²) in [5.41, 5.74) is 0.609. The van der Waals surface area contributed by atoms with E-state index in [1.807, 2.05) is 0 Å². The van der Waals surface area contributed by atoms with Gasteiger partial charge in [0.05, 0.1) is 11.1 Å². The molecule has 0 aliphatic carbocycles. The topological polar surface area (TPSA) is 109 Å². The number of halogens is 1. The van der Waals surface area contributed by atoms with Gasteiger partial charge in [0.25, 0.3) is 10.0 Å². The van der Waals surface area contributed by atoms with Crippen molar-refractivity contribution in [1.82, 2.24) is 14.9 Å². The summed E-state index contributed by atoms with van der Waals surface area (Å²) in [7, 11) is -0.489. The fourth-order valence-electron chi connectivity index (χ4n) is 2.42. The van der Waals surface area contributed by atoms with E-state index in [1.165, 1.54) is 12.4 Å². The molecule has 0 unspecified atom stereocenters. The van der Waals surface area contributed by atoms with Crippen molar-refractivity contribution in [2.75, 3.05) is 37.9 Å². The molecule has 11 heteroatoms. The summed E-state index contributed by atoms with van der Waals surface area (Å²) < 4.78 is 35.4. The van der Waals surface area contributed by atoms with Gasteiger partial charge in [0.2, 0.25) is 5.95 Å². The zero-order valence-electron chi connectivity index (χ0n) is 15.5. The normalized spacial score (nSPS) is 14.7. The van der Waals surface area contributed by atoms with Gasteiger partial charge in [-0.15, -0.1) is 4.40 Å². The number of sulfonamides is 1. The van der Waals surface area contributed by atoms with Crippen LogP contribution in [0.15, 0.2) is 38.2 Å². The number of hydrogen-bond donors (Lipinski definition) is 2. The van der Waals surface area contributed by atoms with E-state index in [-0.39, 0.29) is 10.6 Å². The molecule has 0 atom stereocenters. The summed E-state index contributed by atoms with van der Waals surface area (Å²) in [6.45, 7) is 1.09. The van der Waals surface area contributed by atoms with Gasteiger partial charge in [0.1, 0.15) is 22.8 Å². The van der Waals surface area contributed by atoms with Crippen molar-refractivity contribution < 1.29 is 13.2 Å². The number of anilines is 3. The number of fused-ring (bicyclic) bond motifs is 4.